The molecule has 0 saturated carbocycles. The van der Waals surface area contributed by atoms with Gasteiger partial charge in [0.05, 0.1) is 0 Å². The molecule has 1 heterocycles. The van der Waals surface area contributed by atoms with Crippen LogP contribution in [-0.4, -0.2) is 31.0 Å². The third kappa shape index (κ3) is 3.26. The highest BCUT2D eigenvalue weighted by atomic mass is 32.2. The molecule has 6 nitrogen and oxygen atoms in total. The Bertz CT molecular complexity index is 451. The largest absolute Gasteiger partial charge is 0.396 e. The number of sulfonamides is 1. The van der Waals surface area contributed by atoms with Gasteiger partial charge in [-0.25, -0.2) is 9.71 Å². The number of carbonyl (C=O) groups is 1. The van der Waals surface area contributed by atoms with Crippen molar-refractivity contribution in [1.82, 2.24) is 9.71 Å². The number of nitrogens with zero attached hydrogens (tertiary/aromatic N) is 1. The number of hydrogen-bond donors (Lipinski definition) is 2. The summed E-state index contributed by atoms with van der Waals surface area (Å²) in [6.07, 6.45) is 1.73. The van der Waals surface area contributed by atoms with Gasteiger partial charge in [-0.05, 0) is 0 Å². The number of aliphatic hydroxyl groups is 1. The van der Waals surface area contributed by atoms with E-state index in [4.69, 9.17) is 5.11 Å². The molecule has 0 bridgehead atoms. The Morgan fingerprint density at radius 1 is 1.67 bits per heavy atom. The van der Waals surface area contributed by atoms with Crippen LogP contribution in [0, 0.1) is 0 Å². The normalized spacial score (nSPS) is 11.3. The third-order valence-corrected chi connectivity index (χ3v) is 4.28. The Balaban J connectivity index is 2.90. The topological polar surface area (TPSA) is 96.4 Å². The third-order valence-electron chi connectivity index (χ3n) is 1.40. The van der Waals surface area contributed by atoms with Crippen LogP contribution in [0.1, 0.15) is 11.8 Å². The molecule has 1 aromatic heterocycles. The standard InChI is InChI=1S/C7H10N2O4S2/c1-5(11)9-15(12,13)7-8-4-6(14-7)2-3-10/h4,10H,2-3H2,1H3,(H,9,11). The number of thiazole rings is 1. The number of rotatable bonds is 4. The zero-order valence-corrected chi connectivity index (χ0v) is 9.56. The predicted molar refractivity (Wildman–Crippen MR) is 53.9 cm³/mol. The maximum Gasteiger partial charge on any atom is 0.291 e. The van der Waals surface area contributed by atoms with E-state index in [2.05, 4.69) is 4.98 Å². The van der Waals surface area contributed by atoms with Gasteiger partial charge < -0.3 is 5.11 Å². The number of carbonyl (C=O) groups excluding carboxylic acids is 1. The van der Waals surface area contributed by atoms with Gasteiger partial charge in [0.1, 0.15) is 0 Å². The predicted octanol–water partition coefficient (Wildman–Crippen LogP) is -0.497. The molecule has 1 aromatic rings. The van der Waals surface area contributed by atoms with Crippen LogP contribution in [0.2, 0.25) is 0 Å². The number of aliphatic hydroxyl groups excluding tert-OH is 1. The molecule has 0 aromatic carbocycles. The quantitative estimate of drug-likeness (QED) is 0.751. The number of hydrogen-bond acceptors (Lipinski definition) is 6. The molecule has 0 radical (unpaired) electrons. The lowest BCUT2D eigenvalue weighted by Gasteiger charge is -1.98. The molecule has 0 saturated heterocycles. The first-order valence-corrected chi connectivity index (χ1v) is 6.34. The maximum absolute atomic E-state index is 11.4. The van der Waals surface area contributed by atoms with Crippen molar-refractivity contribution in [3.8, 4) is 0 Å². The number of amides is 1. The van der Waals surface area contributed by atoms with E-state index in [0.717, 1.165) is 18.3 Å². The Morgan fingerprint density at radius 2 is 2.33 bits per heavy atom. The fourth-order valence-electron chi connectivity index (χ4n) is 0.872. The Morgan fingerprint density at radius 3 is 2.87 bits per heavy atom. The molecule has 2 N–H and O–H groups in total. The molecule has 0 aliphatic carbocycles. The molecule has 1 amide bonds. The van der Waals surface area contributed by atoms with Crippen LogP contribution in [0.15, 0.2) is 10.5 Å². The fraction of sp³-hybridized carbons (Fsp3) is 0.429. The van der Waals surface area contributed by atoms with Crippen LogP contribution in [0.3, 0.4) is 0 Å². The van der Waals surface area contributed by atoms with Crippen LogP contribution in [0.5, 0.6) is 0 Å². The second kappa shape index (κ2) is 4.69. The highest BCUT2D eigenvalue weighted by Crippen LogP contribution is 2.17. The van der Waals surface area contributed by atoms with Crippen molar-refractivity contribution >= 4 is 27.3 Å². The molecular weight excluding hydrogens is 240 g/mol. The van der Waals surface area contributed by atoms with Crippen molar-refractivity contribution in [1.29, 1.82) is 0 Å². The van der Waals surface area contributed by atoms with Crippen molar-refractivity contribution < 1.29 is 18.3 Å². The van der Waals surface area contributed by atoms with Gasteiger partial charge in [-0.1, -0.05) is 0 Å². The van der Waals surface area contributed by atoms with Gasteiger partial charge in [0.2, 0.25) is 10.2 Å². The molecule has 0 aliphatic rings. The second-order valence-electron chi connectivity index (χ2n) is 2.73. The summed E-state index contributed by atoms with van der Waals surface area (Å²) in [6, 6.07) is 0. The van der Waals surface area contributed by atoms with Crippen molar-refractivity contribution in [2.45, 2.75) is 17.7 Å². The summed E-state index contributed by atoms with van der Waals surface area (Å²) in [6.45, 7) is 1.04. The van der Waals surface area contributed by atoms with Gasteiger partial charge >= 0.3 is 0 Å². The Hall–Kier alpha value is -0.990. The Kier molecular flexibility index (Phi) is 3.77. The summed E-state index contributed by atoms with van der Waals surface area (Å²) in [4.78, 5) is 14.9. The lowest BCUT2D eigenvalue weighted by molar-refractivity contribution is -0.117. The van der Waals surface area contributed by atoms with Crippen LogP contribution in [0.25, 0.3) is 0 Å². The molecule has 8 heteroatoms. The molecule has 0 unspecified atom stereocenters. The van der Waals surface area contributed by atoms with Crippen molar-refractivity contribution in [2.75, 3.05) is 6.61 Å². The molecule has 15 heavy (non-hydrogen) atoms. The number of aromatic nitrogens is 1. The van der Waals surface area contributed by atoms with Crippen molar-refractivity contribution in [2.24, 2.45) is 0 Å². The second-order valence-corrected chi connectivity index (χ2v) is 5.70. The van der Waals surface area contributed by atoms with Crippen LogP contribution in [0.4, 0.5) is 0 Å². The first-order valence-electron chi connectivity index (χ1n) is 4.04. The first kappa shape index (κ1) is 12.1. The van der Waals surface area contributed by atoms with Crippen LogP contribution in [-0.2, 0) is 21.2 Å². The highest BCUT2D eigenvalue weighted by molar-refractivity contribution is 7.92. The van der Waals surface area contributed by atoms with E-state index in [-0.39, 0.29) is 10.9 Å². The van der Waals surface area contributed by atoms with Gasteiger partial charge in [0, 0.05) is 31.0 Å². The minimum atomic E-state index is -3.83. The minimum absolute atomic E-state index is 0.0676. The summed E-state index contributed by atoms with van der Waals surface area (Å²) in [7, 11) is -3.83. The number of nitrogens with one attached hydrogen (secondary N) is 1. The molecule has 0 fully saturated rings. The van der Waals surface area contributed by atoms with Gasteiger partial charge in [0.25, 0.3) is 10.0 Å². The SMILES string of the molecule is CC(=O)NS(=O)(=O)c1ncc(CCO)s1. The summed E-state index contributed by atoms with van der Waals surface area (Å²) >= 11 is 0.933. The highest BCUT2D eigenvalue weighted by Gasteiger charge is 2.19. The molecule has 0 atom stereocenters. The average molecular weight is 250 g/mol. The van der Waals surface area contributed by atoms with E-state index in [1.54, 1.807) is 0 Å². The van der Waals surface area contributed by atoms with E-state index < -0.39 is 15.9 Å². The monoisotopic (exact) mass is 250 g/mol. The van der Waals surface area contributed by atoms with Crippen molar-refractivity contribution in [3.63, 3.8) is 0 Å². The molecular formula is C7H10N2O4S2. The van der Waals surface area contributed by atoms with Crippen LogP contribution < -0.4 is 4.72 Å². The summed E-state index contributed by atoms with van der Waals surface area (Å²) in [5.41, 5.74) is 0. The van der Waals surface area contributed by atoms with Gasteiger partial charge in [-0.3, -0.25) is 4.79 Å². The Labute approximate surface area is 91.0 Å². The minimum Gasteiger partial charge on any atom is -0.396 e. The van der Waals surface area contributed by atoms with E-state index in [1.165, 1.54) is 6.20 Å². The summed E-state index contributed by atoms with van der Waals surface area (Å²) < 4.78 is 24.5. The zero-order valence-electron chi connectivity index (χ0n) is 7.93. The van der Waals surface area contributed by atoms with E-state index in [0.29, 0.717) is 11.3 Å². The lowest BCUT2D eigenvalue weighted by Crippen LogP contribution is -2.27. The van der Waals surface area contributed by atoms with E-state index in [9.17, 15) is 13.2 Å². The fourth-order valence-corrected chi connectivity index (χ4v) is 3.04. The molecule has 1 rings (SSSR count). The zero-order chi connectivity index (χ0) is 11.5. The first-order chi connectivity index (χ1) is 6.95. The van der Waals surface area contributed by atoms with E-state index >= 15 is 0 Å². The van der Waals surface area contributed by atoms with Gasteiger partial charge in [-0.2, -0.15) is 8.42 Å². The average Bonchev–Trinajstić information content (AvgIpc) is 2.51. The van der Waals surface area contributed by atoms with Crippen molar-refractivity contribution in [3.05, 3.63) is 11.1 Å². The van der Waals surface area contributed by atoms with Crippen LogP contribution >= 0.6 is 11.3 Å². The van der Waals surface area contributed by atoms with E-state index in [1.807, 2.05) is 4.72 Å². The summed E-state index contributed by atoms with van der Waals surface area (Å²) in [5.74, 6) is -0.658. The van der Waals surface area contributed by atoms with Gasteiger partial charge in [0.15, 0.2) is 0 Å². The van der Waals surface area contributed by atoms with Gasteiger partial charge in [-0.15, -0.1) is 11.3 Å². The smallest absolute Gasteiger partial charge is 0.291 e. The maximum atomic E-state index is 11.4. The summed E-state index contributed by atoms with van der Waals surface area (Å²) in [5, 5.41) is 8.64. The molecule has 0 spiro atoms. The molecule has 84 valence electrons. The molecule has 0 aliphatic heterocycles. The lowest BCUT2D eigenvalue weighted by atomic mass is 10.4.